The first-order valence-electron chi connectivity index (χ1n) is 5.35. The molecule has 2 aromatic heterocycles. The van der Waals surface area contributed by atoms with Crippen molar-refractivity contribution in [3.05, 3.63) is 10.4 Å². The monoisotopic (exact) mass is 271 g/mol. The first-order valence-corrected chi connectivity index (χ1v) is 5.35. The van der Waals surface area contributed by atoms with E-state index >= 15 is 0 Å². The van der Waals surface area contributed by atoms with Crippen LogP contribution in [0.5, 0.6) is 6.01 Å². The van der Waals surface area contributed by atoms with E-state index < -0.39 is 17.7 Å². The van der Waals surface area contributed by atoms with Crippen LogP contribution in [0.1, 0.15) is 0 Å². The van der Waals surface area contributed by atoms with Crippen LogP contribution in [0.15, 0.2) is 4.79 Å². The quantitative estimate of drug-likeness (QED) is 0.407. The number of aliphatic hydroxyl groups excluding tert-OH is 2. The molecule has 10 nitrogen and oxygen atoms in total. The zero-order valence-electron chi connectivity index (χ0n) is 9.78. The van der Waals surface area contributed by atoms with Gasteiger partial charge in [0, 0.05) is 0 Å². The second-order valence-electron chi connectivity index (χ2n) is 3.75. The zero-order chi connectivity index (χ0) is 14.0. The van der Waals surface area contributed by atoms with Gasteiger partial charge in [-0.05, 0) is 0 Å². The van der Waals surface area contributed by atoms with E-state index in [0.29, 0.717) is 0 Å². The van der Waals surface area contributed by atoms with Crippen molar-refractivity contribution in [3.63, 3.8) is 0 Å². The number of aromatic hydroxyl groups is 1. The van der Waals surface area contributed by atoms with Crippen LogP contribution in [-0.2, 0) is 11.5 Å². The van der Waals surface area contributed by atoms with Crippen molar-refractivity contribution in [1.29, 1.82) is 0 Å². The Balaban J connectivity index is 2.37. The average Bonchev–Trinajstić information content (AvgIpc) is 2.68. The molecule has 0 aliphatic rings. The molecule has 0 aliphatic carbocycles. The van der Waals surface area contributed by atoms with Gasteiger partial charge in [-0.25, -0.2) is 0 Å². The van der Waals surface area contributed by atoms with Crippen molar-refractivity contribution >= 4 is 17.1 Å². The SMILES string of the molecule is Nc1nc2c(nc(O)n2COC(CO)CO)c(=O)[nH]1. The third kappa shape index (κ3) is 2.50. The molecule has 0 amide bonds. The molecule has 0 aliphatic heterocycles. The molecule has 0 radical (unpaired) electrons. The van der Waals surface area contributed by atoms with Crippen molar-refractivity contribution in [2.75, 3.05) is 18.9 Å². The smallest absolute Gasteiger partial charge is 0.298 e. The van der Waals surface area contributed by atoms with E-state index in [0.717, 1.165) is 4.57 Å². The second-order valence-corrected chi connectivity index (χ2v) is 3.75. The molecule has 0 spiro atoms. The molecular formula is C9H13N5O5. The minimum atomic E-state index is -0.809. The van der Waals surface area contributed by atoms with E-state index in [1.165, 1.54) is 0 Å². The number of aliphatic hydroxyl groups is 2. The molecule has 2 aromatic rings. The van der Waals surface area contributed by atoms with Crippen molar-refractivity contribution in [2.45, 2.75) is 12.8 Å². The summed E-state index contributed by atoms with van der Waals surface area (Å²) < 4.78 is 6.22. The van der Waals surface area contributed by atoms with Gasteiger partial charge < -0.3 is 25.8 Å². The maximum atomic E-state index is 11.5. The number of H-pyrrole nitrogens is 1. The van der Waals surface area contributed by atoms with Crippen LogP contribution in [0, 0.1) is 0 Å². The fourth-order valence-corrected chi connectivity index (χ4v) is 1.48. The van der Waals surface area contributed by atoms with Gasteiger partial charge in [-0.3, -0.25) is 14.3 Å². The van der Waals surface area contributed by atoms with Crippen molar-refractivity contribution in [3.8, 4) is 6.01 Å². The van der Waals surface area contributed by atoms with Gasteiger partial charge in [-0.1, -0.05) is 0 Å². The Labute approximate surface area is 106 Å². The molecular weight excluding hydrogens is 258 g/mol. The zero-order valence-corrected chi connectivity index (χ0v) is 9.78. The lowest BCUT2D eigenvalue weighted by Crippen LogP contribution is -2.23. The summed E-state index contributed by atoms with van der Waals surface area (Å²) >= 11 is 0. The van der Waals surface area contributed by atoms with E-state index in [-0.39, 0.29) is 37.1 Å². The molecule has 0 bridgehead atoms. The molecule has 6 N–H and O–H groups in total. The fourth-order valence-electron chi connectivity index (χ4n) is 1.48. The van der Waals surface area contributed by atoms with Crippen LogP contribution in [0.2, 0.25) is 0 Å². The van der Waals surface area contributed by atoms with Gasteiger partial charge >= 0.3 is 0 Å². The van der Waals surface area contributed by atoms with Crippen LogP contribution in [0.4, 0.5) is 5.95 Å². The standard InChI is InChI=1S/C9H13N5O5/c10-8-12-6-5(7(17)13-8)11-9(18)14(6)3-19-4(1-15)2-16/h4,15-16H,1-3H2,(H,11,18)(H3,10,12,13,17). The van der Waals surface area contributed by atoms with E-state index in [2.05, 4.69) is 15.0 Å². The lowest BCUT2D eigenvalue weighted by atomic mass is 10.4. The van der Waals surface area contributed by atoms with E-state index in [1.807, 2.05) is 0 Å². The number of aromatic nitrogens is 4. The molecule has 104 valence electrons. The number of nitrogens with one attached hydrogen (secondary N) is 1. The highest BCUT2D eigenvalue weighted by Crippen LogP contribution is 2.16. The topological polar surface area (TPSA) is 160 Å². The van der Waals surface area contributed by atoms with Gasteiger partial charge in [0.25, 0.3) is 11.6 Å². The van der Waals surface area contributed by atoms with E-state index in [1.54, 1.807) is 0 Å². The summed E-state index contributed by atoms with van der Waals surface area (Å²) in [6, 6.07) is -0.478. The molecule has 0 aromatic carbocycles. The number of hydrogen-bond donors (Lipinski definition) is 5. The molecule has 10 heteroatoms. The third-order valence-corrected chi connectivity index (χ3v) is 2.45. The van der Waals surface area contributed by atoms with Crippen molar-refractivity contribution in [1.82, 2.24) is 19.5 Å². The number of nitrogen functional groups attached to an aromatic ring is 1. The number of nitrogens with zero attached hydrogens (tertiary/aromatic N) is 3. The van der Waals surface area contributed by atoms with Gasteiger partial charge in [0.15, 0.2) is 11.2 Å². The van der Waals surface area contributed by atoms with Gasteiger partial charge in [0.2, 0.25) is 5.95 Å². The number of imidazole rings is 1. The Hall–Kier alpha value is -2.17. The molecule has 0 unspecified atom stereocenters. The number of anilines is 1. The molecule has 0 saturated heterocycles. The molecule has 19 heavy (non-hydrogen) atoms. The number of nitrogens with two attached hydrogens (primary N) is 1. The highest BCUT2D eigenvalue weighted by molar-refractivity contribution is 5.72. The van der Waals surface area contributed by atoms with Crippen LogP contribution >= 0.6 is 0 Å². The van der Waals surface area contributed by atoms with Gasteiger partial charge in [-0.2, -0.15) is 9.97 Å². The van der Waals surface area contributed by atoms with Crippen LogP contribution in [0.3, 0.4) is 0 Å². The number of aromatic amines is 1. The molecule has 0 atom stereocenters. The number of fused-ring (bicyclic) bond motifs is 1. The summed E-state index contributed by atoms with van der Waals surface area (Å²) in [5.74, 6) is -0.125. The fraction of sp³-hybridized carbons (Fsp3) is 0.444. The summed E-state index contributed by atoms with van der Waals surface area (Å²) in [5, 5.41) is 27.3. The largest absolute Gasteiger partial charge is 0.480 e. The number of hydrogen-bond acceptors (Lipinski definition) is 8. The Morgan fingerprint density at radius 1 is 1.37 bits per heavy atom. The minimum Gasteiger partial charge on any atom is -0.480 e. The Bertz CT molecular complexity index is 632. The average molecular weight is 271 g/mol. The van der Waals surface area contributed by atoms with Crippen LogP contribution in [0.25, 0.3) is 11.2 Å². The van der Waals surface area contributed by atoms with E-state index in [4.69, 9.17) is 20.7 Å². The predicted molar refractivity (Wildman–Crippen MR) is 63.3 cm³/mol. The van der Waals surface area contributed by atoms with E-state index in [9.17, 15) is 9.90 Å². The molecule has 0 fully saturated rings. The Morgan fingerprint density at radius 2 is 2.05 bits per heavy atom. The minimum absolute atomic E-state index is 0.0494. The first-order chi connectivity index (χ1) is 9.06. The van der Waals surface area contributed by atoms with Crippen LogP contribution in [-0.4, -0.2) is 54.2 Å². The van der Waals surface area contributed by atoms with Crippen molar-refractivity contribution < 1.29 is 20.1 Å². The molecule has 2 heterocycles. The third-order valence-electron chi connectivity index (χ3n) is 2.45. The summed E-state index contributed by atoms with van der Waals surface area (Å²) in [6.07, 6.45) is -0.809. The number of ether oxygens (including phenoxy) is 1. The molecule has 0 saturated carbocycles. The Kier molecular flexibility index (Phi) is 3.64. The summed E-state index contributed by atoms with van der Waals surface area (Å²) in [7, 11) is 0. The summed E-state index contributed by atoms with van der Waals surface area (Å²) in [6.45, 7) is -1.02. The highest BCUT2D eigenvalue weighted by Gasteiger charge is 2.16. The van der Waals surface area contributed by atoms with Gasteiger partial charge in [-0.15, -0.1) is 0 Å². The van der Waals surface area contributed by atoms with Gasteiger partial charge in [0.1, 0.15) is 12.8 Å². The lowest BCUT2D eigenvalue weighted by Gasteiger charge is -2.13. The first kappa shape index (κ1) is 13.3. The van der Waals surface area contributed by atoms with Crippen LogP contribution < -0.4 is 11.3 Å². The highest BCUT2D eigenvalue weighted by atomic mass is 16.5. The second kappa shape index (κ2) is 5.22. The molecule has 2 rings (SSSR count). The Morgan fingerprint density at radius 3 is 2.68 bits per heavy atom. The van der Waals surface area contributed by atoms with Gasteiger partial charge in [0.05, 0.1) is 13.2 Å². The number of rotatable bonds is 5. The maximum absolute atomic E-state index is 11.5. The predicted octanol–water partition coefficient (Wildman–Crippen LogP) is -2.27. The summed E-state index contributed by atoms with van der Waals surface area (Å²) in [4.78, 5) is 21.3. The summed E-state index contributed by atoms with van der Waals surface area (Å²) in [5.41, 5.74) is 4.78. The maximum Gasteiger partial charge on any atom is 0.298 e. The normalized spacial score (nSPS) is 11.5. The lowest BCUT2D eigenvalue weighted by molar-refractivity contribution is -0.0505. The van der Waals surface area contributed by atoms with Crippen molar-refractivity contribution in [2.24, 2.45) is 0 Å².